The van der Waals surface area contributed by atoms with Gasteiger partial charge in [0.05, 0.1) is 50.6 Å². The lowest BCUT2D eigenvalue weighted by Crippen LogP contribution is -2.42. The monoisotopic (exact) mass is 591 g/mol. The summed E-state index contributed by atoms with van der Waals surface area (Å²) < 4.78 is 26.5. The number of methoxy groups -OCH3 is 1. The number of hydrogen-bond donors (Lipinski definition) is 0. The number of aromatic nitrogens is 1. The van der Waals surface area contributed by atoms with E-state index in [0.717, 1.165) is 48.8 Å². The number of morpholine rings is 2. The van der Waals surface area contributed by atoms with Crippen LogP contribution in [0.2, 0.25) is 5.02 Å². The smallest absolute Gasteiger partial charge is 0.292 e. The molecular weight excluding hydrogens is 553 g/mol. The van der Waals surface area contributed by atoms with Gasteiger partial charge in [-0.1, -0.05) is 37.9 Å². The summed E-state index contributed by atoms with van der Waals surface area (Å²) in [5.74, 6) is 0.605. The van der Waals surface area contributed by atoms with Crippen molar-refractivity contribution in [3.8, 4) is 0 Å². The Morgan fingerprint density at radius 1 is 1.05 bits per heavy atom. The largest absolute Gasteiger partial charge is 0.471 e. The third-order valence-corrected chi connectivity index (χ3v) is 8.12. The molecule has 5 rings (SSSR count). The van der Waals surface area contributed by atoms with Gasteiger partial charge in [-0.2, -0.15) is 0 Å². The first kappa shape index (κ1) is 32.1. The molecule has 0 saturated carbocycles. The number of nitrogens with zero attached hydrogens (tertiary/aromatic N) is 5. The fourth-order valence-corrected chi connectivity index (χ4v) is 6.09. The fourth-order valence-electron chi connectivity index (χ4n) is 3.96. The van der Waals surface area contributed by atoms with Crippen LogP contribution < -0.4 is 0 Å². The van der Waals surface area contributed by atoms with Crippen LogP contribution >= 0.6 is 20.1 Å². The molecule has 0 aliphatic carbocycles. The van der Waals surface area contributed by atoms with E-state index in [1.807, 2.05) is 43.3 Å². The van der Waals surface area contributed by atoms with Crippen molar-refractivity contribution in [1.82, 2.24) is 14.3 Å². The number of aliphatic imine (C=N–C) groups is 2. The summed E-state index contributed by atoms with van der Waals surface area (Å²) in [5, 5.41) is 0.633. The number of fused-ring (bicyclic) bond motifs is 1. The summed E-state index contributed by atoms with van der Waals surface area (Å²) in [7, 11) is 0.255. The van der Waals surface area contributed by atoms with Gasteiger partial charge in [0.1, 0.15) is 6.04 Å². The first-order valence-electron chi connectivity index (χ1n) is 13.5. The van der Waals surface area contributed by atoms with Crippen LogP contribution in [0.25, 0.3) is 0 Å². The highest BCUT2D eigenvalue weighted by molar-refractivity contribution is 7.48. The average molecular weight is 592 g/mol. The zero-order valence-corrected chi connectivity index (χ0v) is 25.3. The molecular formula is C28H39ClN5O5P. The molecule has 0 bridgehead atoms. The molecule has 2 saturated heterocycles. The zero-order chi connectivity index (χ0) is 28.7. The molecule has 2 fully saturated rings. The van der Waals surface area contributed by atoms with Gasteiger partial charge in [-0.15, -0.1) is 0 Å². The number of ether oxygens (including phenoxy) is 3. The molecule has 0 amide bonds. The Balaban J connectivity index is 0.000000569. The number of pyridine rings is 1. The predicted octanol–water partition coefficient (Wildman–Crippen LogP) is 5.12. The Hall–Kier alpha value is -2.46. The number of benzene rings is 1. The van der Waals surface area contributed by atoms with Gasteiger partial charge >= 0.3 is 0 Å². The predicted molar refractivity (Wildman–Crippen MR) is 160 cm³/mol. The SMILES string of the molecule is CCC.COC=O.C[C@@H]1N=C(c2ccccn2)c2cc(Cl)ccc2N=C1OP(N1CCOCC1)N1CCOCC1. The highest BCUT2D eigenvalue weighted by atomic mass is 35.5. The van der Waals surface area contributed by atoms with E-state index in [1.165, 1.54) is 13.5 Å². The highest BCUT2D eigenvalue weighted by Crippen LogP contribution is 2.47. The van der Waals surface area contributed by atoms with Crippen LogP contribution in [-0.2, 0) is 23.5 Å². The summed E-state index contributed by atoms with van der Waals surface area (Å²) in [4.78, 5) is 23.5. The molecule has 3 aliphatic rings. The molecule has 0 radical (unpaired) electrons. The summed E-state index contributed by atoms with van der Waals surface area (Å²) in [6.45, 7) is 12.8. The molecule has 0 N–H and O–H groups in total. The second kappa shape index (κ2) is 17.4. The first-order chi connectivity index (χ1) is 19.5. The lowest BCUT2D eigenvalue weighted by Gasteiger charge is -2.40. The Morgan fingerprint density at radius 2 is 1.65 bits per heavy atom. The molecule has 0 spiro atoms. The van der Waals surface area contributed by atoms with E-state index in [4.69, 9.17) is 40.4 Å². The fraction of sp³-hybridized carbons (Fsp3) is 0.500. The third-order valence-electron chi connectivity index (χ3n) is 5.76. The van der Waals surface area contributed by atoms with Crippen molar-refractivity contribution in [3.63, 3.8) is 0 Å². The van der Waals surface area contributed by atoms with E-state index in [-0.39, 0.29) is 6.04 Å². The van der Waals surface area contributed by atoms with Crippen LogP contribution in [0.4, 0.5) is 5.69 Å². The molecule has 1 aromatic heterocycles. The van der Waals surface area contributed by atoms with Crippen molar-refractivity contribution < 1.29 is 23.5 Å². The van der Waals surface area contributed by atoms with Crippen molar-refractivity contribution in [2.75, 3.05) is 59.7 Å². The molecule has 0 unspecified atom stereocenters. The molecule has 218 valence electrons. The molecule has 4 heterocycles. The van der Waals surface area contributed by atoms with Crippen LogP contribution in [0.15, 0.2) is 52.6 Å². The minimum atomic E-state index is -1.06. The zero-order valence-electron chi connectivity index (χ0n) is 23.7. The second-order valence-electron chi connectivity index (χ2n) is 9.00. The molecule has 10 nitrogen and oxygen atoms in total. The van der Waals surface area contributed by atoms with E-state index < -0.39 is 8.45 Å². The van der Waals surface area contributed by atoms with Gasteiger partial charge in [0.2, 0.25) is 14.3 Å². The van der Waals surface area contributed by atoms with Gasteiger partial charge in [0.15, 0.2) is 0 Å². The maximum atomic E-state index is 8.95. The Bertz CT molecular complexity index is 1090. The number of halogens is 1. The van der Waals surface area contributed by atoms with E-state index in [9.17, 15) is 0 Å². The van der Waals surface area contributed by atoms with Gasteiger partial charge in [-0.05, 0) is 37.3 Å². The Labute approximate surface area is 243 Å². The van der Waals surface area contributed by atoms with Crippen molar-refractivity contribution in [3.05, 3.63) is 58.9 Å². The Morgan fingerprint density at radius 3 is 2.17 bits per heavy atom. The van der Waals surface area contributed by atoms with Crippen LogP contribution in [0.5, 0.6) is 0 Å². The van der Waals surface area contributed by atoms with Crippen molar-refractivity contribution in [1.29, 1.82) is 0 Å². The lowest BCUT2D eigenvalue weighted by atomic mass is 10.0. The number of carbonyl (C=O) groups is 1. The van der Waals surface area contributed by atoms with Gasteiger partial charge in [-0.25, -0.2) is 14.3 Å². The van der Waals surface area contributed by atoms with E-state index >= 15 is 0 Å². The summed E-state index contributed by atoms with van der Waals surface area (Å²) in [6, 6.07) is 11.2. The highest BCUT2D eigenvalue weighted by Gasteiger charge is 2.34. The topological polar surface area (TPSA) is 98.1 Å². The molecule has 40 heavy (non-hydrogen) atoms. The average Bonchev–Trinajstić information content (AvgIpc) is 3.13. The van der Waals surface area contributed by atoms with Crippen molar-refractivity contribution in [2.45, 2.75) is 33.2 Å². The molecule has 3 aliphatic heterocycles. The third kappa shape index (κ3) is 9.29. The van der Waals surface area contributed by atoms with Crippen molar-refractivity contribution >= 4 is 43.8 Å². The molecule has 12 heteroatoms. The van der Waals surface area contributed by atoms with Crippen LogP contribution in [0.1, 0.15) is 38.4 Å². The number of rotatable bonds is 5. The lowest BCUT2D eigenvalue weighted by molar-refractivity contribution is -0.126. The summed E-state index contributed by atoms with van der Waals surface area (Å²) in [5.41, 5.74) is 3.19. The maximum absolute atomic E-state index is 8.95. The maximum Gasteiger partial charge on any atom is 0.292 e. The van der Waals surface area contributed by atoms with Gasteiger partial charge in [-0.3, -0.25) is 14.8 Å². The normalized spacial score (nSPS) is 19.4. The van der Waals surface area contributed by atoms with E-state index in [0.29, 0.717) is 43.8 Å². The number of carbonyl (C=O) groups excluding carboxylic acids is 1. The molecule has 1 aromatic carbocycles. The second-order valence-corrected chi connectivity index (χ2v) is 11.3. The van der Waals surface area contributed by atoms with Gasteiger partial charge in [0.25, 0.3) is 6.47 Å². The minimum Gasteiger partial charge on any atom is -0.471 e. The standard InChI is InChI=1S/C23H27ClN5O3P.C3H8.C2H4O2/c1-17-23(32-33(28-8-12-30-13-9-28)29-10-14-31-15-11-29)27-20-6-5-18(24)16-19(20)22(26-17)21-4-2-3-7-25-21;1-3-2;1-4-2-3/h2-7,16-17H,8-15H2,1H3;3H2,1-2H3;2H,1H3/t17-;;/m0../s1. The van der Waals surface area contributed by atoms with E-state index in [1.54, 1.807) is 6.20 Å². The Kier molecular flexibility index (Phi) is 13.9. The summed E-state index contributed by atoms with van der Waals surface area (Å²) in [6.07, 6.45) is 3.02. The van der Waals surface area contributed by atoms with Crippen LogP contribution in [-0.4, -0.2) is 98.2 Å². The van der Waals surface area contributed by atoms with Crippen LogP contribution in [0.3, 0.4) is 0 Å². The molecule has 2 aromatic rings. The summed E-state index contributed by atoms with van der Waals surface area (Å²) >= 11 is 6.35. The van der Waals surface area contributed by atoms with Gasteiger partial charge in [0, 0.05) is 43.0 Å². The van der Waals surface area contributed by atoms with Crippen LogP contribution in [0, 0.1) is 0 Å². The van der Waals surface area contributed by atoms with Crippen molar-refractivity contribution in [2.24, 2.45) is 9.98 Å². The minimum absolute atomic E-state index is 0.278. The quantitative estimate of drug-likeness (QED) is 0.349. The molecule has 1 atom stereocenters. The van der Waals surface area contributed by atoms with Gasteiger partial charge < -0.3 is 18.7 Å². The number of hydrogen-bond acceptors (Lipinski definition) is 10. The first-order valence-corrected chi connectivity index (χ1v) is 15.0. The van der Waals surface area contributed by atoms with E-state index in [2.05, 4.69) is 32.9 Å².